The number of aromatic nitrogens is 1. The number of nitrogens with zero attached hydrogens (tertiary/aromatic N) is 2. The Morgan fingerprint density at radius 1 is 1.50 bits per heavy atom. The molecule has 0 aliphatic heterocycles. The number of likely N-dealkylation sites (N-methyl/N-ethyl adjacent to an activating group) is 1. The van der Waals surface area contributed by atoms with Crippen LogP contribution in [0.25, 0.3) is 0 Å². The molecule has 0 aromatic carbocycles. The van der Waals surface area contributed by atoms with Crippen molar-refractivity contribution in [1.29, 1.82) is 0 Å². The first kappa shape index (κ1) is 14.4. The zero-order valence-electron chi connectivity index (χ0n) is 11.3. The van der Waals surface area contributed by atoms with Crippen LogP contribution in [0.5, 0.6) is 0 Å². The fraction of sp³-hybridized carbons (Fsp3) is 0.538. The van der Waals surface area contributed by atoms with Crippen LogP contribution in [-0.4, -0.2) is 49.1 Å². The van der Waals surface area contributed by atoms with E-state index in [1.807, 2.05) is 13.8 Å². The Morgan fingerprint density at radius 2 is 2.28 bits per heavy atom. The van der Waals surface area contributed by atoms with Gasteiger partial charge in [0.2, 0.25) is 0 Å². The number of rotatable bonds is 7. The monoisotopic (exact) mass is 251 g/mol. The normalized spacial score (nSPS) is 10.2. The van der Waals surface area contributed by atoms with Crippen LogP contribution in [-0.2, 0) is 4.74 Å². The van der Waals surface area contributed by atoms with Crippen molar-refractivity contribution in [2.24, 2.45) is 0 Å². The van der Waals surface area contributed by atoms with Gasteiger partial charge in [-0.25, -0.2) is 0 Å². The standard InChI is InChI=1S/C13H21N3O2/c1-4-16(8-9-18-5-2)13(17)11-10-15-7-6-12(11)14-3/h6-7,10H,4-5,8-9H2,1-3H3,(H,14,15). The van der Waals surface area contributed by atoms with Gasteiger partial charge in [-0.1, -0.05) is 0 Å². The van der Waals surface area contributed by atoms with E-state index < -0.39 is 0 Å². The number of hydrogen-bond donors (Lipinski definition) is 1. The third-order valence-electron chi connectivity index (χ3n) is 2.70. The summed E-state index contributed by atoms with van der Waals surface area (Å²) in [5, 5.41) is 3.00. The fourth-order valence-corrected chi connectivity index (χ4v) is 1.68. The number of anilines is 1. The molecule has 5 nitrogen and oxygen atoms in total. The van der Waals surface area contributed by atoms with Crippen LogP contribution in [0.2, 0.25) is 0 Å². The Kier molecular flexibility index (Phi) is 6.14. The van der Waals surface area contributed by atoms with Crippen LogP contribution in [0.3, 0.4) is 0 Å². The van der Waals surface area contributed by atoms with Gasteiger partial charge in [-0.3, -0.25) is 9.78 Å². The van der Waals surface area contributed by atoms with Gasteiger partial charge in [-0.05, 0) is 19.9 Å². The van der Waals surface area contributed by atoms with E-state index in [0.717, 1.165) is 5.69 Å². The number of carbonyl (C=O) groups is 1. The van der Waals surface area contributed by atoms with Gasteiger partial charge < -0.3 is 15.0 Å². The molecule has 1 aromatic heterocycles. The predicted molar refractivity (Wildman–Crippen MR) is 71.9 cm³/mol. The van der Waals surface area contributed by atoms with Crippen molar-refractivity contribution in [3.63, 3.8) is 0 Å². The molecule has 100 valence electrons. The first-order chi connectivity index (χ1) is 8.74. The molecule has 1 rings (SSSR count). The molecule has 1 amide bonds. The Morgan fingerprint density at radius 3 is 2.89 bits per heavy atom. The van der Waals surface area contributed by atoms with Crippen LogP contribution in [0, 0.1) is 0 Å². The lowest BCUT2D eigenvalue weighted by molar-refractivity contribution is 0.0669. The molecule has 0 fully saturated rings. The first-order valence-electron chi connectivity index (χ1n) is 6.23. The predicted octanol–water partition coefficient (Wildman–Crippen LogP) is 1.62. The topological polar surface area (TPSA) is 54.5 Å². The number of hydrogen-bond acceptors (Lipinski definition) is 4. The van der Waals surface area contributed by atoms with Gasteiger partial charge in [-0.15, -0.1) is 0 Å². The van der Waals surface area contributed by atoms with E-state index in [-0.39, 0.29) is 5.91 Å². The van der Waals surface area contributed by atoms with Gasteiger partial charge in [0.05, 0.1) is 12.2 Å². The summed E-state index contributed by atoms with van der Waals surface area (Å²) in [5.74, 6) is -0.0188. The SMILES string of the molecule is CCOCCN(CC)C(=O)c1cnccc1NC. The molecule has 1 aromatic rings. The molecule has 0 saturated heterocycles. The molecule has 5 heteroatoms. The maximum absolute atomic E-state index is 12.3. The van der Waals surface area contributed by atoms with Crippen LogP contribution in [0.4, 0.5) is 5.69 Å². The van der Waals surface area contributed by atoms with E-state index in [1.165, 1.54) is 0 Å². The van der Waals surface area contributed by atoms with E-state index >= 15 is 0 Å². The van der Waals surface area contributed by atoms with Gasteiger partial charge >= 0.3 is 0 Å². The summed E-state index contributed by atoms with van der Waals surface area (Å²) in [6, 6.07) is 1.80. The van der Waals surface area contributed by atoms with Crippen LogP contribution in [0.15, 0.2) is 18.5 Å². The zero-order valence-corrected chi connectivity index (χ0v) is 11.3. The second kappa shape index (κ2) is 7.66. The molecule has 0 radical (unpaired) electrons. The summed E-state index contributed by atoms with van der Waals surface area (Å²) in [4.78, 5) is 18.1. The van der Waals surface area contributed by atoms with Crippen molar-refractivity contribution >= 4 is 11.6 Å². The van der Waals surface area contributed by atoms with Crippen molar-refractivity contribution in [2.75, 3.05) is 38.7 Å². The van der Waals surface area contributed by atoms with Crippen molar-refractivity contribution in [1.82, 2.24) is 9.88 Å². The second-order valence-electron chi connectivity index (χ2n) is 3.75. The molecule has 0 saturated carbocycles. The molecule has 18 heavy (non-hydrogen) atoms. The van der Waals surface area contributed by atoms with Crippen LogP contribution < -0.4 is 5.32 Å². The molecule has 0 unspecified atom stereocenters. The fourth-order valence-electron chi connectivity index (χ4n) is 1.68. The smallest absolute Gasteiger partial charge is 0.257 e. The lowest BCUT2D eigenvalue weighted by Crippen LogP contribution is -2.34. The Labute approximate surface area is 108 Å². The van der Waals surface area contributed by atoms with E-state index in [1.54, 1.807) is 30.4 Å². The molecule has 1 heterocycles. The van der Waals surface area contributed by atoms with Gasteiger partial charge in [0.25, 0.3) is 5.91 Å². The summed E-state index contributed by atoms with van der Waals surface area (Å²) in [6.07, 6.45) is 3.26. The molecular formula is C13H21N3O2. The van der Waals surface area contributed by atoms with Gasteiger partial charge in [0, 0.05) is 44.8 Å². The van der Waals surface area contributed by atoms with Crippen LogP contribution >= 0.6 is 0 Å². The highest BCUT2D eigenvalue weighted by atomic mass is 16.5. The summed E-state index contributed by atoms with van der Waals surface area (Å²) in [6.45, 7) is 6.38. The summed E-state index contributed by atoms with van der Waals surface area (Å²) < 4.78 is 5.28. The molecular weight excluding hydrogens is 230 g/mol. The number of carbonyl (C=O) groups excluding carboxylic acids is 1. The third kappa shape index (κ3) is 3.70. The summed E-state index contributed by atoms with van der Waals surface area (Å²) >= 11 is 0. The van der Waals surface area contributed by atoms with E-state index in [2.05, 4.69) is 10.3 Å². The van der Waals surface area contributed by atoms with Crippen molar-refractivity contribution in [3.8, 4) is 0 Å². The van der Waals surface area contributed by atoms with Crippen LogP contribution in [0.1, 0.15) is 24.2 Å². The quantitative estimate of drug-likeness (QED) is 0.748. The van der Waals surface area contributed by atoms with Gasteiger partial charge in [0.15, 0.2) is 0 Å². The van der Waals surface area contributed by atoms with Crippen molar-refractivity contribution in [2.45, 2.75) is 13.8 Å². The third-order valence-corrected chi connectivity index (χ3v) is 2.70. The number of ether oxygens (including phenoxy) is 1. The van der Waals surface area contributed by atoms with Gasteiger partial charge in [-0.2, -0.15) is 0 Å². The number of amides is 1. The molecule has 0 aliphatic rings. The summed E-state index contributed by atoms with van der Waals surface area (Å²) in [5.41, 5.74) is 1.39. The highest BCUT2D eigenvalue weighted by Crippen LogP contribution is 2.15. The molecule has 0 spiro atoms. The minimum atomic E-state index is -0.0188. The molecule has 0 atom stereocenters. The average molecular weight is 251 g/mol. The minimum Gasteiger partial charge on any atom is -0.387 e. The molecule has 1 N–H and O–H groups in total. The van der Waals surface area contributed by atoms with Gasteiger partial charge in [0.1, 0.15) is 0 Å². The van der Waals surface area contributed by atoms with Crippen molar-refractivity contribution < 1.29 is 9.53 Å². The van der Waals surface area contributed by atoms with E-state index in [4.69, 9.17) is 4.74 Å². The highest BCUT2D eigenvalue weighted by molar-refractivity contribution is 5.99. The van der Waals surface area contributed by atoms with E-state index in [9.17, 15) is 4.79 Å². The minimum absolute atomic E-state index is 0.0188. The lowest BCUT2D eigenvalue weighted by atomic mass is 10.2. The maximum atomic E-state index is 12.3. The zero-order chi connectivity index (χ0) is 13.4. The lowest BCUT2D eigenvalue weighted by Gasteiger charge is -2.21. The Hall–Kier alpha value is -1.62. The maximum Gasteiger partial charge on any atom is 0.257 e. The first-order valence-corrected chi connectivity index (χ1v) is 6.23. The Balaban J connectivity index is 2.76. The van der Waals surface area contributed by atoms with Crippen molar-refractivity contribution in [3.05, 3.63) is 24.0 Å². The molecule has 0 aliphatic carbocycles. The van der Waals surface area contributed by atoms with E-state index in [0.29, 0.717) is 31.9 Å². The number of pyridine rings is 1. The number of nitrogens with one attached hydrogen (secondary N) is 1. The summed E-state index contributed by atoms with van der Waals surface area (Å²) in [7, 11) is 1.79. The Bertz CT molecular complexity index is 382. The molecule has 0 bridgehead atoms. The largest absolute Gasteiger partial charge is 0.387 e. The average Bonchev–Trinajstić information content (AvgIpc) is 2.43. The highest BCUT2D eigenvalue weighted by Gasteiger charge is 2.17. The second-order valence-corrected chi connectivity index (χ2v) is 3.75.